The van der Waals surface area contributed by atoms with Crippen molar-refractivity contribution in [3.8, 4) is 6.07 Å². The Morgan fingerprint density at radius 3 is 2.65 bits per heavy atom. The first-order valence-electron chi connectivity index (χ1n) is 7.24. The Kier molecular flexibility index (Phi) is 5.67. The summed E-state index contributed by atoms with van der Waals surface area (Å²) in [4.78, 5) is 10.3. The summed E-state index contributed by atoms with van der Waals surface area (Å²) in [5.41, 5.74) is 1.72. The molecule has 0 aromatic heterocycles. The van der Waals surface area contributed by atoms with Gasteiger partial charge in [-0.05, 0) is 18.6 Å². The van der Waals surface area contributed by atoms with Crippen molar-refractivity contribution >= 4 is 11.4 Å². The maximum atomic E-state index is 10.8. The third-order valence-electron chi connectivity index (χ3n) is 3.35. The van der Waals surface area contributed by atoms with Gasteiger partial charge in [0.05, 0.1) is 22.3 Å². The summed E-state index contributed by atoms with van der Waals surface area (Å²) in [5, 5.41) is 23.1. The number of nitrogens with one attached hydrogen (secondary N) is 1. The van der Waals surface area contributed by atoms with Crippen LogP contribution in [0.5, 0.6) is 0 Å². The molecule has 118 valence electrons. The molecule has 6 nitrogen and oxygen atoms in total. The highest BCUT2D eigenvalue weighted by Crippen LogP contribution is 2.23. The van der Waals surface area contributed by atoms with Crippen LogP contribution in [0.15, 0.2) is 48.5 Å². The number of anilines is 1. The number of non-ortho nitro benzene ring substituents is 1. The van der Waals surface area contributed by atoms with Gasteiger partial charge in [-0.3, -0.25) is 10.1 Å². The lowest BCUT2D eigenvalue weighted by Gasteiger charge is -2.19. The van der Waals surface area contributed by atoms with E-state index >= 15 is 0 Å². The van der Waals surface area contributed by atoms with E-state index in [9.17, 15) is 10.1 Å². The molecule has 23 heavy (non-hydrogen) atoms. The van der Waals surface area contributed by atoms with Gasteiger partial charge in [0.25, 0.3) is 5.69 Å². The van der Waals surface area contributed by atoms with E-state index in [1.807, 2.05) is 43.3 Å². The number of ether oxygens (including phenoxy) is 1. The van der Waals surface area contributed by atoms with Gasteiger partial charge in [-0.1, -0.05) is 30.3 Å². The second-order valence-electron chi connectivity index (χ2n) is 4.83. The number of hydrogen-bond donors (Lipinski definition) is 1. The molecule has 0 fully saturated rings. The SMILES string of the molecule is CCOC(CNc1ccc([N+](=O)[O-])cc1C#N)c1ccccc1. The Labute approximate surface area is 134 Å². The van der Waals surface area contributed by atoms with Crippen molar-refractivity contribution in [1.82, 2.24) is 0 Å². The minimum atomic E-state index is -0.516. The normalized spacial score (nSPS) is 11.5. The lowest BCUT2D eigenvalue weighted by Crippen LogP contribution is -2.16. The van der Waals surface area contributed by atoms with Crippen molar-refractivity contribution in [2.75, 3.05) is 18.5 Å². The lowest BCUT2D eigenvalue weighted by atomic mass is 10.1. The molecule has 1 atom stereocenters. The highest BCUT2D eigenvalue weighted by atomic mass is 16.6. The van der Waals surface area contributed by atoms with E-state index in [2.05, 4.69) is 5.32 Å². The van der Waals surface area contributed by atoms with E-state index in [0.29, 0.717) is 18.8 Å². The van der Waals surface area contributed by atoms with Crippen LogP contribution >= 0.6 is 0 Å². The quantitative estimate of drug-likeness (QED) is 0.622. The third-order valence-corrected chi connectivity index (χ3v) is 3.35. The van der Waals surface area contributed by atoms with Gasteiger partial charge in [-0.25, -0.2) is 0 Å². The number of nitro benzene ring substituents is 1. The van der Waals surface area contributed by atoms with Crippen molar-refractivity contribution in [3.05, 3.63) is 69.8 Å². The standard InChI is InChI=1S/C17H17N3O3/c1-2-23-17(13-6-4-3-5-7-13)12-19-16-9-8-15(20(21)22)10-14(16)11-18/h3-10,17,19H,2,12H2,1H3. The zero-order valence-electron chi connectivity index (χ0n) is 12.7. The zero-order valence-corrected chi connectivity index (χ0v) is 12.7. The van der Waals surface area contributed by atoms with Crippen LogP contribution in [0.25, 0.3) is 0 Å². The van der Waals surface area contributed by atoms with E-state index in [1.165, 1.54) is 12.1 Å². The molecule has 2 aromatic carbocycles. The Bertz CT molecular complexity index is 711. The number of nitro groups is 1. The molecule has 1 N–H and O–H groups in total. The Balaban J connectivity index is 2.15. The average Bonchev–Trinajstić information content (AvgIpc) is 2.59. The van der Waals surface area contributed by atoms with Crippen LogP contribution in [-0.4, -0.2) is 18.1 Å². The fourth-order valence-electron chi connectivity index (χ4n) is 2.24. The molecule has 0 aliphatic heterocycles. The summed E-state index contributed by atoms with van der Waals surface area (Å²) >= 11 is 0. The number of hydrogen-bond acceptors (Lipinski definition) is 5. The number of rotatable bonds is 7. The molecule has 0 spiro atoms. The highest BCUT2D eigenvalue weighted by molar-refractivity contribution is 5.61. The molecular weight excluding hydrogens is 294 g/mol. The number of benzene rings is 2. The molecular formula is C17H17N3O3. The molecule has 0 saturated heterocycles. The Hall–Kier alpha value is -2.91. The van der Waals surface area contributed by atoms with Gasteiger partial charge in [0.2, 0.25) is 0 Å². The molecule has 0 amide bonds. The monoisotopic (exact) mass is 311 g/mol. The average molecular weight is 311 g/mol. The van der Waals surface area contributed by atoms with Crippen LogP contribution in [0, 0.1) is 21.4 Å². The van der Waals surface area contributed by atoms with Crippen LogP contribution in [0.2, 0.25) is 0 Å². The second-order valence-corrected chi connectivity index (χ2v) is 4.83. The summed E-state index contributed by atoms with van der Waals surface area (Å²) in [6.45, 7) is 2.94. The number of nitrogens with zero attached hydrogens (tertiary/aromatic N) is 2. The fourth-order valence-corrected chi connectivity index (χ4v) is 2.24. The van der Waals surface area contributed by atoms with Crippen LogP contribution in [-0.2, 0) is 4.74 Å². The fraction of sp³-hybridized carbons (Fsp3) is 0.235. The molecule has 6 heteroatoms. The van der Waals surface area contributed by atoms with Gasteiger partial charge in [0.1, 0.15) is 6.07 Å². The molecule has 0 bridgehead atoms. The largest absolute Gasteiger partial charge is 0.381 e. The second kappa shape index (κ2) is 7.92. The summed E-state index contributed by atoms with van der Waals surface area (Å²) in [7, 11) is 0. The van der Waals surface area contributed by atoms with Crippen molar-refractivity contribution in [2.24, 2.45) is 0 Å². The van der Waals surface area contributed by atoms with E-state index in [4.69, 9.17) is 10.00 Å². The highest BCUT2D eigenvalue weighted by Gasteiger charge is 2.14. The Morgan fingerprint density at radius 2 is 2.04 bits per heavy atom. The maximum Gasteiger partial charge on any atom is 0.270 e. The first-order chi connectivity index (χ1) is 11.2. The van der Waals surface area contributed by atoms with Crippen molar-refractivity contribution in [2.45, 2.75) is 13.0 Å². The van der Waals surface area contributed by atoms with E-state index in [-0.39, 0.29) is 17.4 Å². The summed E-state index contributed by atoms with van der Waals surface area (Å²) in [6.07, 6.45) is -0.164. The molecule has 2 aromatic rings. The minimum absolute atomic E-state index is 0.100. The molecule has 0 saturated carbocycles. The van der Waals surface area contributed by atoms with Gasteiger partial charge in [-0.2, -0.15) is 5.26 Å². The molecule has 0 aliphatic rings. The maximum absolute atomic E-state index is 10.8. The van der Waals surface area contributed by atoms with Crippen LogP contribution < -0.4 is 5.32 Å². The zero-order chi connectivity index (χ0) is 16.7. The summed E-state index contributed by atoms with van der Waals surface area (Å²) in [5.74, 6) is 0. The first-order valence-corrected chi connectivity index (χ1v) is 7.24. The minimum Gasteiger partial charge on any atom is -0.381 e. The van der Waals surface area contributed by atoms with Gasteiger partial charge in [0, 0.05) is 25.3 Å². The summed E-state index contributed by atoms with van der Waals surface area (Å²) in [6, 6.07) is 15.9. The molecule has 1 unspecified atom stereocenters. The van der Waals surface area contributed by atoms with E-state index < -0.39 is 4.92 Å². The van der Waals surface area contributed by atoms with Crippen molar-refractivity contribution in [3.63, 3.8) is 0 Å². The predicted octanol–water partition coefficient (Wildman–Crippen LogP) is 3.66. The van der Waals surface area contributed by atoms with Gasteiger partial charge >= 0.3 is 0 Å². The van der Waals surface area contributed by atoms with E-state index in [0.717, 1.165) is 5.56 Å². The van der Waals surface area contributed by atoms with Gasteiger partial charge in [-0.15, -0.1) is 0 Å². The smallest absolute Gasteiger partial charge is 0.270 e. The number of nitriles is 1. The van der Waals surface area contributed by atoms with Gasteiger partial charge in [0.15, 0.2) is 0 Å². The molecule has 0 heterocycles. The van der Waals surface area contributed by atoms with E-state index in [1.54, 1.807) is 6.07 Å². The van der Waals surface area contributed by atoms with Gasteiger partial charge < -0.3 is 10.1 Å². The van der Waals surface area contributed by atoms with Crippen LogP contribution in [0.4, 0.5) is 11.4 Å². The summed E-state index contributed by atoms with van der Waals surface area (Å²) < 4.78 is 5.73. The molecule has 2 rings (SSSR count). The van der Waals surface area contributed by atoms with Crippen molar-refractivity contribution in [1.29, 1.82) is 5.26 Å². The third kappa shape index (κ3) is 4.28. The topological polar surface area (TPSA) is 88.2 Å². The molecule has 0 radical (unpaired) electrons. The Morgan fingerprint density at radius 1 is 1.30 bits per heavy atom. The first kappa shape index (κ1) is 16.5. The van der Waals surface area contributed by atoms with Crippen LogP contribution in [0.1, 0.15) is 24.2 Å². The van der Waals surface area contributed by atoms with Crippen LogP contribution in [0.3, 0.4) is 0 Å². The predicted molar refractivity (Wildman–Crippen MR) is 87.1 cm³/mol. The lowest BCUT2D eigenvalue weighted by molar-refractivity contribution is -0.384. The molecule has 0 aliphatic carbocycles. The van der Waals surface area contributed by atoms with Crippen molar-refractivity contribution < 1.29 is 9.66 Å².